The highest BCUT2D eigenvalue weighted by molar-refractivity contribution is 5.88. The molecule has 0 radical (unpaired) electrons. The lowest BCUT2D eigenvalue weighted by atomic mass is 9.95. The molecule has 0 amide bonds. The molecule has 1 N–H and O–H groups in total. The molecule has 19 heavy (non-hydrogen) atoms. The maximum atomic E-state index is 13.7. The van der Waals surface area contributed by atoms with E-state index >= 15 is 0 Å². The fourth-order valence-corrected chi connectivity index (χ4v) is 1.64. The van der Waals surface area contributed by atoms with E-state index in [1.54, 1.807) is 0 Å². The van der Waals surface area contributed by atoms with Crippen LogP contribution in [0.1, 0.15) is 37.0 Å². The Labute approximate surface area is 108 Å². The average Bonchev–Trinajstić information content (AvgIpc) is 2.76. The monoisotopic (exact) mass is 264 g/mol. The molecule has 2 rings (SSSR count). The van der Waals surface area contributed by atoms with Crippen LogP contribution in [0.25, 0.3) is 5.69 Å². The van der Waals surface area contributed by atoms with Gasteiger partial charge in [-0.15, -0.1) is 5.10 Å². The minimum absolute atomic E-state index is 0.314. The molecule has 0 bridgehead atoms. The van der Waals surface area contributed by atoms with Crippen LogP contribution in [0.3, 0.4) is 0 Å². The third kappa shape index (κ3) is 2.44. The molecule has 2 aromatic rings. The fourth-order valence-electron chi connectivity index (χ4n) is 1.64. The molecule has 0 atom stereocenters. The summed E-state index contributed by atoms with van der Waals surface area (Å²) < 4.78 is 15.1. The summed E-state index contributed by atoms with van der Waals surface area (Å²) in [6.07, 6.45) is 0. The van der Waals surface area contributed by atoms with E-state index in [2.05, 4.69) is 15.5 Å². The number of carboxylic acid groups (broad SMARTS) is 1. The first-order valence-corrected chi connectivity index (χ1v) is 5.63. The van der Waals surface area contributed by atoms with Gasteiger partial charge in [-0.25, -0.2) is 9.18 Å². The summed E-state index contributed by atoms with van der Waals surface area (Å²) in [5, 5.41) is 20.1. The van der Waals surface area contributed by atoms with E-state index in [-0.39, 0.29) is 11.0 Å². The maximum absolute atomic E-state index is 13.7. The van der Waals surface area contributed by atoms with E-state index in [0.29, 0.717) is 11.5 Å². The Morgan fingerprint density at radius 1 is 1.37 bits per heavy atom. The van der Waals surface area contributed by atoms with E-state index < -0.39 is 11.8 Å². The number of carbonyl (C=O) groups is 1. The Bertz CT molecular complexity index is 631. The lowest BCUT2D eigenvalue weighted by Gasteiger charge is -2.17. The molecule has 0 aliphatic carbocycles. The molecule has 1 aromatic carbocycles. The minimum Gasteiger partial charge on any atom is -0.478 e. The number of halogens is 1. The van der Waals surface area contributed by atoms with E-state index in [9.17, 15) is 9.18 Å². The van der Waals surface area contributed by atoms with Crippen LogP contribution in [0.4, 0.5) is 4.39 Å². The number of hydrogen-bond donors (Lipinski definition) is 1. The van der Waals surface area contributed by atoms with Gasteiger partial charge in [0.1, 0.15) is 5.82 Å². The van der Waals surface area contributed by atoms with Gasteiger partial charge in [0.25, 0.3) is 0 Å². The van der Waals surface area contributed by atoms with E-state index in [1.807, 2.05) is 20.8 Å². The quantitative estimate of drug-likeness (QED) is 0.894. The Kier molecular flexibility index (Phi) is 3.05. The van der Waals surface area contributed by atoms with Crippen molar-refractivity contribution in [2.75, 3.05) is 0 Å². The third-order valence-corrected chi connectivity index (χ3v) is 2.57. The molecule has 0 fully saturated rings. The molecule has 7 heteroatoms. The van der Waals surface area contributed by atoms with Crippen LogP contribution in [0.5, 0.6) is 0 Å². The predicted molar refractivity (Wildman–Crippen MR) is 64.8 cm³/mol. The third-order valence-electron chi connectivity index (χ3n) is 2.57. The van der Waals surface area contributed by atoms with Crippen LogP contribution in [-0.2, 0) is 5.41 Å². The standard InChI is InChI=1S/C12H13FN4O2/c1-12(2,3)11-14-15-16-17(11)7-4-5-8(10(18)19)9(13)6-7/h4-6H,1-3H3,(H,18,19). The van der Waals surface area contributed by atoms with Crippen LogP contribution < -0.4 is 0 Å². The highest BCUT2D eigenvalue weighted by Gasteiger charge is 2.23. The second kappa shape index (κ2) is 4.42. The SMILES string of the molecule is CC(C)(C)c1nnnn1-c1ccc(C(=O)O)c(F)c1. The summed E-state index contributed by atoms with van der Waals surface area (Å²) in [5.74, 6) is -1.56. The predicted octanol–water partition coefficient (Wildman–Crippen LogP) is 1.80. The number of tetrazole rings is 1. The summed E-state index contributed by atoms with van der Waals surface area (Å²) in [4.78, 5) is 10.8. The van der Waals surface area contributed by atoms with E-state index in [1.165, 1.54) is 16.8 Å². The zero-order valence-electron chi connectivity index (χ0n) is 10.8. The molecule has 6 nitrogen and oxygen atoms in total. The number of benzene rings is 1. The molecule has 100 valence electrons. The van der Waals surface area contributed by atoms with Crippen molar-refractivity contribution in [1.29, 1.82) is 0 Å². The van der Waals surface area contributed by atoms with E-state index in [4.69, 9.17) is 5.11 Å². The van der Waals surface area contributed by atoms with Gasteiger partial charge in [-0.3, -0.25) is 0 Å². The van der Waals surface area contributed by atoms with Crippen molar-refractivity contribution in [3.05, 3.63) is 35.4 Å². The normalized spacial score (nSPS) is 11.6. The molecule has 0 aliphatic heterocycles. The van der Waals surface area contributed by atoms with Crippen molar-refractivity contribution in [2.45, 2.75) is 26.2 Å². The van der Waals surface area contributed by atoms with Gasteiger partial charge in [0, 0.05) is 11.5 Å². The van der Waals surface area contributed by atoms with Gasteiger partial charge in [0.2, 0.25) is 0 Å². The lowest BCUT2D eigenvalue weighted by molar-refractivity contribution is 0.0692. The number of hydrogen-bond acceptors (Lipinski definition) is 4. The molecule has 0 saturated carbocycles. The minimum atomic E-state index is -1.31. The van der Waals surface area contributed by atoms with Gasteiger partial charge in [-0.2, -0.15) is 4.68 Å². The zero-order valence-corrected chi connectivity index (χ0v) is 10.8. The molecular formula is C12H13FN4O2. The number of aromatic carboxylic acids is 1. The van der Waals surface area contributed by atoms with Crippen LogP contribution in [0, 0.1) is 5.82 Å². The van der Waals surface area contributed by atoms with Crippen LogP contribution in [0.15, 0.2) is 18.2 Å². The number of rotatable bonds is 2. The summed E-state index contributed by atoms with van der Waals surface area (Å²) in [7, 11) is 0. The highest BCUT2D eigenvalue weighted by Crippen LogP contribution is 2.22. The first-order valence-electron chi connectivity index (χ1n) is 5.63. The number of carboxylic acids is 1. The van der Waals surface area contributed by atoms with Crippen molar-refractivity contribution in [2.24, 2.45) is 0 Å². The second-order valence-electron chi connectivity index (χ2n) is 5.13. The van der Waals surface area contributed by atoms with Crippen molar-refractivity contribution in [3.8, 4) is 5.69 Å². The van der Waals surface area contributed by atoms with Crippen molar-refractivity contribution < 1.29 is 14.3 Å². The molecule has 0 aliphatic rings. The largest absolute Gasteiger partial charge is 0.478 e. The van der Waals surface area contributed by atoms with Gasteiger partial charge in [0.05, 0.1) is 11.3 Å². The molecular weight excluding hydrogens is 251 g/mol. The fraction of sp³-hybridized carbons (Fsp3) is 0.333. The first kappa shape index (κ1) is 13.1. The van der Waals surface area contributed by atoms with Gasteiger partial charge >= 0.3 is 5.97 Å². The van der Waals surface area contributed by atoms with Crippen molar-refractivity contribution in [3.63, 3.8) is 0 Å². The van der Waals surface area contributed by atoms with Crippen molar-refractivity contribution in [1.82, 2.24) is 20.2 Å². The van der Waals surface area contributed by atoms with Crippen LogP contribution in [0.2, 0.25) is 0 Å². The molecule has 0 spiro atoms. The molecule has 0 unspecified atom stereocenters. The van der Waals surface area contributed by atoms with Crippen molar-refractivity contribution >= 4 is 5.97 Å². The zero-order chi connectivity index (χ0) is 14.2. The summed E-state index contributed by atoms with van der Waals surface area (Å²) in [6, 6.07) is 3.77. The topological polar surface area (TPSA) is 80.9 Å². The highest BCUT2D eigenvalue weighted by atomic mass is 19.1. The van der Waals surface area contributed by atoms with Crippen LogP contribution >= 0.6 is 0 Å². The Morgan fingerprint density at radius 2 is 2.05 bits per heavy atom. The summed E-state index contributed by atoms with van der Waals surface area (Å²) in [5.41, 5.74) is -0.308. The number of aromatic nitrogens is 4. The number of nitrogens with zero attached hydrogens (tertiary/aromatic N) is 4. The van der Waals surface area contributed by atoms with Crippen LogP contribution in [-0.4, -0.2) is 31.3 Å². The Hall–Kier alpha value is -2.31. The Morgan fingerprint density at radius 3 is 2.58 bits per heavy atom. The molecule has 1 aromatic heterocycles. The molecule has 0 saturated heterocycles. The first-order chi connectivity index (χ1) is 8.80. The maximum Gasteiger partial charge on any atom is 0.338 e. The molecule has 1 heterocycles. The van der Waals surface area contributed by atoms with Gasteiger partial charge in [0.15, 0.2) is 5.82 Å². The van der Waals surface area contributed by atoms with Gasteiger partial charge in [-0.1, -0.05) is 20.8 Å². The summed E-state index contributed by atoms with van der Waals surface area (Å²) in [6.45, 7) is 5.78. The lowest BCUT2D eigenvalue weighted by Crippen LogP contribution is -2.19. The average molecular weight is 264 g/mol. The van der Waals surface area contributed by atoms with E-state index in [0.717, 1.165) is 6.07 Å². The Balaban J connectivity index is 2.52. The van der Waals surface area contributed by atoms with Gasteiger partial charge in [-0.05, 0) is 22.6 Å². The smallest absolute Gasteiger partial charge is 0.338 e. The summed E-state index contributed by atoms with van der Waals surface area (Å²) >= 11 is 0. The van der Waals surface area contributed by atoms with Gasteiger partial charge < -0.3 is 5.11 Å². The second-order valence-corrected chi connectivity index (χ2v) is 5.13.